The SMILES string of the molecule is CCn1ncc(Cl)c1C1(O)CC2CC1C1CCCC21. The second-order valence-electron chi connectivity index (χ2n) is 6.65. The second-order valence-corrected chi connectivity index (χ2v) is 7.05. The van der Waals surface area contributed by atoms with Crippen LogP contribution in [0.1, 0.15) is 44.7 Å². The van der Waals surface area contributed by atoms with Crippen molar-refractivity contribution in [1.82, 2.24) is 9.78 Å². The second kappa shape index (κ2) is 3.98. The molecule has 0 spiro atoms. The highest BCUT2D eigenvalue weighted by Gasteiger charge is 2.62. The van der Waals surface area contributed by atoms with Crippen molar-refractivity contribution in [3.63, 3.8) is 0 Å². The molecule has 3 fully saturated rings. The molecular formula is C15H21ClN2O. The lowest BCUT2D eigenvalue weighted by molar-refractivity contribution is -0.0577. The lowest BCUT2D eigenvalue weighted by atomic mass is 9.71. The minimum absolute atomic E-state index is 0.407. The molecule has 5 unspecified atom stereocenters. The molecule has 0 amide bonds. The number of halogens is 1. The van der Waals surface area contributed by atoms with Gasteiger partial charge in [0.25, 0.3) is 0 Å². The highest BCUT2D eigenvalue weighted by atomic mass is 35.5. The third-order valence-electron chi connectivity index (χ3n) is 6.00. The van der Waals surface area contributed by atoms with Crippen molar-refractivity contribution < 1.29 is 5.11 Å². The van der Waals surface area contributed by atoms with Gasteiger partial charge in [0.15, 0.2) is 0 Å². The van der Waals surface area contributed by atoms with Crippen molar-refractivity contribution in [3.8, 4) is 0 Å². The summed E-state index contributed by atoms with van der Waals surface area (Å²) in [5.41, 5.74) is 0.161. The van der Waals surface area contributed by atoms with Crippen LogP contribution in [0.3, 0.4) is 0 Å². The molecule has 2 bridgehead atoms. The molecule has 0 aromatic carbocycles. The van der Waals surface area contributed by atoms with Crippen LogP contribution in [0.25, 0.3) is 0 Å². The number of hydrogen-bond acceptors (Lipinski definition) is 2. The standard InChI is InChI=1S/C15H21ClN2O/c1-2-18-14(13(16)8-17-18)15(19)7-9-6-12(15)11-5-3-4-10(9)11/h8-12,19H,2-7H2,1H3. The van der Waals surface area contributed by atoms with Gasteiger partial charge in [0.1, 0.15) is 5.60 Å². The molecular weight excluding hydrogens is 260 g/mol. The van der Waals surface area contributed by atoms with Gasteiger partial charge in [0.05, 0.1) is 16.9 Å². The number of fused-ring (bicyclic) bond motifs is 5. The number of rotatable bonds is 2. The Labute approximate surface area is 118 Å². The zero-order valence-electron chi connectivity index (χ0n) is 11.3. The van der Waals surface area contributed by atoms with E-state index in [0.29, 0.717) is 16.9 Å². The van der Waals surface area contributed by atoms with Crippen LogP contribution in [0, 0.1) is 23.7 Å². The molecule has 3 aliphatic carbocycles. The molecule has 3 saturated carbocycles. The lowest BCUT2D eigenvalue weighted by Crippen LogP contribution is -2.40. The van der Waals surface area contributed by atoms with Gasteiger partial charge in [-0.15, -0.1) is 0 Å². The molecule has 0 saturated heterocycles. The van der Waals surface area contributed by atoms with Crippen molar-refractivity contribution in [2.45, 2.75) is 51.2 Å². The highest BCUT2D eigenvalue weighted by molar-refractivity contribution is 6.31. The summed E-state index contributed by atoms with van der Waals surface area (Å²) < 4.78 is 1.90. The molecule has 0 radical (unpaired) electrons. The third-order valence-corrected chi connectivity index (χ3v) is 6.27. The first kappa shape index (κ1) is 12.2. The summed E-state index contributed by atoms with van der Waals surface area (Å²) in [6.07, 6.45) is 7.80. The number of aromatic nitrogens is 2. The normalized spacial score (nSPS) is 43.9. The van der Waals surface area contributed by atoms with Crippen molar-refractivity contribution in [1.29, 1.82) is 0 Å². The Balaban J connectivity index is 1.77. The van der Waals surface area contributed by atoms with Gasteiger partial charge >= 0.3 is 0 Å². The summed E-state index contributed by atoms with van der Waals surface area (Å²) in [6, 6.07) is 0. The summed E-state index contributed by atoms with van der Waals surface area (Å²) in [5.74, 6) is 2.71. The van der Waals surface area contributed by atoms with Crippen molar-refractivity contribution in [3.05, 3.63) is 16.9 Å². The molecule has 3 nitrogen and oxygen atoms in total. The van der Waals surface area contributed by atoms with E-state index >= 15 is 0 Å². The Hall–Kier alpha value is -0.540. The summed E-state index contributed by atoms with van der Waals surface area (Å²) in [5, 5.41) is 16.3. The van der Waals surface area contributed by atoms with Crippen LogP contribution in [-0.2, 0) is 12.1 Å². The van der Waals surface area contributed by atoms with E-state index in [2.05, 4.69) is 12.0 Å². The molecule has 3 aliphatic rings. The quantitative estimate of drug-likeness (QED) is 0.903. The fourth-order valence-electron chi connectivity index (χ4n) is 5.42. The maximum absolute atomic E-state index is 11.3. The first-order valence-electron chi connectivity index (χ1n) is 7.59. The molecule has 1 heterocycles. The maximum atomic E-state index is 11.3. The summed E-state index contributed by atoms with van der Waals surface area (Å²) in [6.45, 7) is 2.83. The number of nitrogens with zero attached hydrogens (tertiary/aromatic N) is 2. The van der Waals surface area contributed by atoms with E-state index < -0.39 is 5.60 Å². The Morgan fingerprint density at radius 2 is 2.26 bits per heavy atom. The third kappa shape index (κ3) is 1.46. The van der Waals surface area contributed by atoms with Gasteiger partial charge in [-0.3, -0.25) is 4.68 Å². The number of aryl methyl sites for hydroxylation is 1. The number of hydrogen-bond donors (Lipinski definition) is 1. The highest BCUT2D eigenvalue weighted by Crippen LogP contribution is 2.65. The van der Waals surface area contributed by atoms with Gasteiger partial charge < -0.3 is 5.11 Å². The Kier molecular flexibility index (Phi) is 2.56. The van der Waals surface area contributed by atoms with Crippen molar-refractivity contribution in [2.75, 3.05) is 0 Å². The van der Waals surface area contributed by atoms with E-state index in [9.17, 15) is 5.11 Å². The van der Waals surface area contributed by atoms with Crippen LogP contribution in [0.15, 0.2) is 6.20 Å². The van der Waals surface area contributed by atoms with Gasteiger partial charge in [0, 0.05) is 6.54 Å². The van der Waals surface area contributed by atoms with Gasteiger partial charge in [-0.1, -0.05) is 18.0 Å². The molecule has 104 valence electrons. The van der Waals surface area contributed by atoms with Gasteiger partial charge in [-0.25, -0.2) is 0 Å². The molecule has 4 heteroatoms. The van der Waals surface area contributed by atoms with Crippen molar-refractivity contribution >= 4 is 11.6 Å². The predicted octanol–water partition coefficient (Wildman–Crippen LogP) is 3.20. The average Bonchev–Trinajstić information content (AvgIpc) is 3.07. The molecule has 0 aliphatic heterocycles. The van der Waals surface area contributed by atoms with E-state index in [-0.39, 0.29) is 0 Å². The molecule has 1 N–H and O–H groups in total. The summed E-state index contributed by atoms with van der Waals surface area (Å²) in [7, 11) is 0. The first-order valence-corrected chi connectivity index (χ1v) is 7.97. The molecule has 5 atom stereocenters. The Morgan fingerprint density at radius 1 is 1.47 bits per heavy atom. The average molecular weight is 281 g/mol. The van der Waals surface area contributed by atoms with Gasteiger partial charge in [-0.05, 0) is 56.3 Å². The van der Waals surface area contributed by atoms with E-state index in [1.807, 2.05) is 4.68 Å². The minimum atomic E-state index is -0.722. The predicted molar refractivity (Wildman–Crippen MR) is 73.9 cm³/mol. The zero-order valence-corrected chi connectivity index (χ0v) is 12.1. The summed E-state index contributed by atoms with van der Waals surface area (Å²) in [4.78, 5) is 0. The smallest absolute Gasteiger partial charge is 0.111 e. The fraction of sp³-hybridized carbons (Fsp3) is 0.800. The zero-order chi connectivity index (χ0) is 13.2. The number of aliphatic hydroxyl groups is 1. The summed E-state index contributed by atoms with van der Waals surface area (Å²) >= 11 is 6.33. The van der Waals surface area contributed by atoms with E-state index in [4.69, 9.17) is 11.6 Å². The van der Waals surface area contributed by atoms with Crippen LogP contribution in [-0.4, -0.2) is 14.9 Å². The molecule has 1 aromatic rings. The topological polar surface area (TPSA) is 38.0 Å². The van der Waals surface area contributed by atoms with Gasteiger partial charge in [0.2, 0.25) is 0 Å². The van der Waals surface area contributed by atoms with Crippen LogP contribution in [0.2, 0.25) is 5.02 Å². The van der Waals surface area contributed by atoms with Crippen molar-refractivity contribution in [2.24, 2.45) is 23.7 Å². The molecule has 1 aromatic heterocycles. The molecule has 4 rings (SSSR count). The first-order chi connectivity index (χ1) is 9.15. The lowest BCUT2D eigenvalue weighted by Gasteiger charge is -2.39. The minimum Gasteiger partial charge on any atom is -0.383 e. The van der Waals surface area contributed by atoms with Crippen LogP contribution in [0.4, 0.5) is 0 Å². The van der Waals surface area contributed by atoms with Gasteiger partial charge in [-0.2, -0.15) is 5.10 Å². The maximum Gasteiger partial charge on any atom is 0.111 e. The molecule has 19 heavy (non-hydrogen) atoms. The van der Waals surface area contributed by atoms with Crippen LogP contribution in [0.5, 0.6) is 0 Å². The van der Waals surface area contributed by atoms with E-state index in [1.165, 1.54) is 25.7 Å². The Bertz CT molecular complexity index is 514. The van der Waals surface area contributed by atoms with Crippen LogP contribution < -0.4 is 0 Å². The largest absolute Gasteiger partial charge is 0.383 e. The van der Waals surface area contributed by atoms with E-state index in [1.54, 1.807) is 6.20 Å². The fourth-order valence-corrected chi connectivity index (χ4v) is 5.72. The van der Waals surface area contributed by atoms with Crippen LogP contribution >= 0.6 is 11.6 Å². The van der Waals surface area contributed by atoms with E-state index in [0.717, 1.165) is 30.5 Å². The monoisotopic (exact) mass is 280 g/mol. The Morgan fingerprint density at radius 3 is 3.05 bits per heavy atom.